The van der Waals surface area contributed by atoms with E-state index >= 15 is 0 Å². The number of hydrogen-bond acceptors (Lipinski definition) is 6. The number of benzene rings is 2. The summed E-state index contributed by atoms with van der Waals surface area (Å²) in [5, 5.41) is 17.4. The zero-order chi connectivity index (χ0) is 21.0. The summed E-state index contributed by atoms with van der Waals surface area (Å²) in [5.74, 6) is -0.482. The van der Waals surface area contributed by atoms with Crippen molar-refractivity contribution in [3.63, 3.8) is 0 Å². The van der Waals surface area contributed by atoms with Gasteiger partial charge in [-0.2, -0.15) is 5.10 Å². The van der Waals surface area contributed by atoms with Crippen molar-refractivity contribution < 1.29 is 18.1 Å². The van der Waals surface area contributed by atoms with Gasteiger partial charge in [-0.3, -0.25) is 19.6 Å². The Morgan fingerprint density at radius 3 is 2.41 bits per heavy atom. The summed E-state index contributed by atoms with van der Waals surface area (Å²) >= 11 is 5.76. The Labute approximate surface area is 170 Å². The molecule has 12 heteroatoms. The highest BCUT2D eigenvalue weighted by molar-refractivity contribution is 7.94. The van der Waals surface area contributed by atoms with Crippen molar-refractivity contribution in [3.05, 3.63) is 80.8 Å². The van der Waals surface area contributed by atoms with Crippen LogP contribution in [-0.2, 0) is 21.4 Å². The van der Waals surface area contributed by atoms with E-state index in [4.69, 9.17) is 11.6 Å². The van der Waals surface area contributed by atoms with Crippen LogP contribution in [0.5, 0.6) is 0 Å². The maximum Gasteiger partial charge on any atom is 0.307 e. The van der Waals surface area contributed by atoms with Gasteiger partial charge in [0, 0.05) is 10.7 Å². The Morgan fingerprint density at radius 1 is 1.17 bits per heavy atom. The molecule has 1 heterocycles. The van der Waals surface area contributed by atoms with Crippen LogP contribution in [0, 0.1) is 10.1 Å². The van der Waals surface area contributed by atoms with Crippen LogP contribution < -0.4 is 5.32 Å². The third kappa shape index (κ3) is 5.30. The molecule has 150 valence electrons. The number of hydrogen-bond donors (Lipinski definition) is 1. The van der Waals surface area contributed by atoms with Crippen LogP contribution in [0.15, 0.2) is 65.8 Å². The molecule has 29 heavy (non-hydrogen) atoms. The fourth-order valence-electron chi connectivity index (χ4n) is 2.28. The molecule has 0 saturated heterocycles. The van der Waals surface area contributed by atoms with Crippen LogP contribution in [-0.4, -0.2) is 29.0 Å². The first-order valence-electron chi connectivity index (χ1n) is 8.03. The number of amides is 1. The average Bonchev–Trinajstić information content (AvgIpc) is 3.12. The number of nitrogens with zero attached hydrogens (tertiary/aromatic N) is 4. The number of nitro groups is 1. The average molecular weight is 435 g/mol. The Balaban J connectivity index is 1.63. The van der Waals surface area contributed by atoms with Gasteiger partial charge in [0.25, 0.3) is 0 Å². The molecule has 0 spiro atoms. The highest BCUT2D eigenvalue weighted by Gasteiger charge is 2.12. The molecule has 3 rings (SSSR count). The van der Waals surface area contributed by atoms with Crippen LogP contribution in [0.3, 0.4) is 0 Å². The van der Waals surface area contributed by atoms with Crippen LogP contribution in [0.2, 0.25) is 5.02 Å². The van der Waals surface area contributed by atoms with Crippen molar-refractivity contribution in [3.8, 4) is 0 Å². The van der Waals surface area contributed by atoms with Crippen molar-refractivity contribution in [2.24, 2.45) is 0 Å². The number of carbonyl (C=O) groups excluding carboxylic acids is 1. The van der Waals surface area contributed by atoms with Crippen LogP contribution in [0.1, 0.15) is 0 Å². The van der Waals surface area contributed by atoms with Crippen molar-refractivity contribution in [1.82, 2.24) is 9.78 Å². The van der Waals surface area contributed by atoms with Gasteiger partial charge in [-0.25, -0.2) is 8.42 Å². The Kier molecular flexibility index (Phi) is 5.80. The second kappa shape index (κ2) is 8.29. The standard InChI is InChI=1S/C17H13ClN5O5S/c18-12-1-3-14(4-2-12)21-29(27,28)16-7-5-13(6-8-16)20-17(24)11-22-10-15(9-19-22)23(25)26/h1-10H,11H2,(H,20,24)/q-1. The van der Waals surface area contributed by atoms with Gasteiger partial charge in [-0.15, -0.1) is 5.69 Å². The van der Waals surface area contributed by atoms with Gasteiger partial charge in [0.1, 0.15) is 29.0 Å². The number of nitrogens with one attached hydrogen (secondary N) is 1. The van der Waals surface area contributed by atoms with Crippen molar-refractivity contribution in [1.29, 1.82) is 0 Å². The lowest BCUT2D eigenvalue weighted by Gasteiger charge is -2.22. The van der Waals surface area contributed by atoms with E-state index in [1.807, 2.05) is 0 Å². The summed E-state index contributed by atoms with van der Waals surface area (Å²) in [6.45, 7) is -0.236. The second-order valence-electron chi connectivity index (χ2n) is 5.77. The Bertz CT molecular complexity index is 1140. The van der Waals surface area contributed by atoms with Crippen molar-refractivity contribution in [2.45, 2.75) is 11.4 Å². The number of carbonyl (C=O) groups is 1. The molecule has 0 aliphatic rings. The second-order valence-corrected chi connectivity index (χ2v) is 7.81. The number of rotatable bonds is 7. The lowest BCUT2D eigenvalue weighted by Crippen LogP contribution is -2.19. The monoisotopic (exact) mass is 434 g/mol. The molecule has 0 aliphatic carbocycles. The molecule has 0 saturated carbocycles. The van der Waals surface area contributed by atoms with Gasteiger partial charge in [-0.05, 0) is 36.4 Å². The minimum atomic E-state index is -3.93. The largest absolute Gasteiger partial charge is 0.573 e. The predicted octanol–water partition coefficient (Wildman–Crippen LogP) is 3.48. The molecule has 10 nitrogen and oxygen atoms in total. The number of sulfonamides is 1. The van der Waals surface area contributed by atoms with E-state index in [9.17, 15) is 23.3 Å². The number of aromatic nitrogens is 2. The highest BCUT2D eigenvalue weighted by atomic mass is 35.5. The summed E-state index contributed by atoms with van der Waals surface area (Å²) in [6.07, 6.45) is 2.17. The SMILES string of the molecule is O=C(Cn1cc([N+](=O)[O-])cn1)Nc1ccc(S(=O)(=O)[N-]c2ccc(Cl)cc2)cc1. The number of anilines is 1. The van der Waals surface area contributed by atoms with Crippen LogP contribution >= 0.6 is 11.6 Å². The van der Waals surface area contributed by atoms with Gasteiger partial charge in [0.05, 0.1) is 9.82 Å². The molecule has 1 aromatic heterocycles. The third-order valence-corrected chi connectivity index (χ3v) is 5.20. The summed E-state index contributed by atoms with van der Waals surface area (Å²) in [6, 6.07) is 11.5. The van der Waals surface area contributed by atoms with E-state index in [0.29, 0.717) is 10.7 Å². The van der Waals surface area contributed by atoms with Crippen LogP contribution in [0.25, 0.3) is 4.72 Å². The first-order valence-corrected chi connectivity index (χ1v) is 9.85. The quantitative estimate of drug-likeness (QED) is 0.446. The summed E-state index contributed by atoms with van der Waals surface area (Å²) in [5.41, 5.74) is 0.360. The van der Waals surface area contributed by atoms with E-state index in [1.54, 1.807) is 0 Å². The molecule has 0 radical (unpaired) electrons. The van der Waals surface area contributed by atoms with Gasteiger partial charge in [0.2, 0.25) is 5.91 Å². The van der Waals surface area contributed by atoms with E-state index in [0.717, 1.165) is 17.1 Å². The molecular weight excluding hydrogens is 422 g/mol. The van der Waals surface area contributed by atoms with Crippen molar-refractivity contribution in [2.75, 3.05) is 5.32 Å². The van der Waals surface area contributed by atoms with Gasteiger partial charge < -0.3 is 10.0 Å². The first kappa shape index (κ1) is 20.3. The maximum absolute atomic E-state index is 12.4. The first-order chi connectivity index (χ1) is 13.7. The van der Waals surface area contributed by atoms with E-state index in [1.165, 1.54) is 48.5 Å². The topological polar surface area (TPSA) is 138 Å². The normalized spacial score (nSPS) is 11.1. The smallest absolute Gasteiger partial charge is 0.307 e. The molecule has 2 aromatic carbocycles. The van der Waals surface area contributed by atoms with E-state index in [2.05, 4.69) is 15.1 Å². The number of halogens is 1. The van der Waals surface area contributed by atoms with Gasteiger partial charge in [-0.1, -0.05) is 23.7 Å². The zero-order valence-electron chi connectivity index (χ0n) is 14.6. The molecule has 3 aromatic rings. The molecule has 0 unspecified atom stereocenters. The summed E-state index contributed by atoms with van der Waals surface area (Å²) in [4.78, 5) is 22.0. The minimum absolute atomic E-state index is 0.0480. The molecule has 0 bridgehead atoms. The van der Waals surface area contributed by atoms with Crippen molar-refractivity contribution >= 4 is 44.6 Å². The van der Waals surface area contributed by atoms with E-state index < -0.39 is 20.9 Å². The Hall–Kier alpha value is -3.44. The fraction of sp³-hybridized carbons (Fsp3) is 0.0588. The lowest BCUT2D eigenvalue weighted by molar-refractivity contribution is -0.385. The van der Waals surface area contributed by atoms with Gasteiger partial charge >= 0.3 is 5.69 Å². The van der Waals surface area contributed by atoms with Gasteiger partial charge in [0.15, 0.2) is 0 Å². The molecule has 1 N–H and O–H groups in total. The van der Waals surface area contributed by atoms with E-state index in [-0.39, 0.29) is 22.8 Å². The molecule has 1 amide bonds. The molecule has 0 aliphatic heterocycles. The Morgan fingerprint density at radius 2 is 1.83 bits per heavy atom. The fourth-order valence-corrected chi connectivity index (χ4v) is 3.40. The van der Waals surface area contributed by atoms with Crippen LogP contribution in [0.4, 0.5) is 17.1 Å². The highest BCUT2D eigenvalue weighted by Crippen LogP contribution is 2.29. The molecule has 0 fully saturated rings. The molecule has 0 atom stereocenters. The lowest BCUT2D eigenvalue weighted by atomic mass is 10.3. The summed E-state index contributed by atoms with van der Waals surface area (Å²) in [7, 11) is -3.93. The third-order valence-electron chi connectivity index (χ3n) is 3.62. The maximum atomic E-state index is 12.4. The zero-order valence-corrected chi connectivity index (χ0v) is 16.2. The summed E-state index contributed by atoms with van der Waals surface area (Å²) < 4.78 is 29.6. The minimum Gasteiger partial charge on any atom is -0.573 e. The molecular formula is C17H13ClN5O5S-. The predicted molar refractivity (Wildman–Crippen MR) is 106 cm³/mol.